The highest BCUT2D eigenvalue weighted by Gasteiger charge is 2.17. The third-order valence-electron chi connectivity index (χ3n) is 3.39. The van der Waals surface area contributed by atoms with E-state index in [0.29, 0.717) is 5.69 Å². The van der Waals surface area contributed by atoms with Crippen molar-refractivity contribution >= 4 is 11.6 Å². The first-order chi connectivity index (χ1) is 10.6. The summed E-state index contributed by atoms with van der Waals surface area (Å²) in [5, 5.41) is 10.6. The van der Waals surface area contributed by atoms with Crippen LogP contribution in [0.15, 0.2) is 30.3 Å². The van der Waals surface area contributed by atoms with Gasteiger partial charge in [-0.2, -0.15) is 13.9 Å². The molecule has 0 fully saturated rings. The van der Waals surface area contributed by atoms with Crippen LogP contribution in [0.2, 0.25) is 0 Å². The second-order valence-corrected chi connectivity index (χ2v) is 4.91. The van der Waals surface area contributed by atoms with Crippen molar-refractivity contribution in [2.75, 3.05) is 5.32 Å². The molecule has 1 aromatic carbocycles. The molecule has 1 aromatic heterocycles. The average molecular weight is 305 g/mol. The molecule has 1 aliphatic rings. The maximum atomic E-state index is 12.1. The number of rotatable bonds is 4. The van der Waals surface area contributed by atoms with Crippen LogP contribution in [0.3, 0.4) is 0 Å². The number of aromatic nitrogens is 2. The molecule has 0 spiro atoms. The third kappa shape index (κ3) is 3.19. The van der Waals surface area contributed by atoms with Gasteiger partial charge in [0.05, 0.1) is 5.69 Å². The summed E-state index contributed by atoms with van der Waals surface area (Å²) in [4.78, 5) is 12.1. The maximum absolute atomic E-state index is 12.1. The predicted octanol–water partition coefficient (Wildman–Crippen LogP) is 2.82. The molecule has 0 bridgehead atoms. The van der Waals surface area contributed by atoms with Crippen molar-refractivity contribution in [1.29, 1.82) is 0 Å². The molecule has 0 saturated heterocycles. The summed E-state index contributed by atoms with van der Waals surface area (Å²) in [6.45, 7) is -2.87. The third-order valence-corrected chi connectivity index (χ3v) is 3.39. The highest BCUT2D eigenvalue weighted by Crippen LogP contribution is 2.21. The fourth-order valence-electron chi connectivity index (χ4n) is 2.35. The smallest absolute Gasteiger partial charge is 0.387 e. The molecule has 0 saturated carbocycles. The van der Waals surface area contributed by atoms with Crippen molar-refractivity contribution in [1.82, 2.24) is 10.2 Å². The number of ether oxygens (including phenoxy) is 1. The number of hydrogen-bond acceptors (Lipinski definition) is 4. The number of nitrogens with one attached hydrogen (secondary N) is 1. The Bertz CT molecular complexity index is 690. The summed E-state index contributed by atoms with van der Waals surface area (Å²) in [5.41, 5.74) is 2.72. The van der Waals surface area contributed by atoms with E-state index in [1.165, 1.54) is 24.3 Å². The number of amides is 1. The fraction of sp³-hybridized carbons (Fsp3) is 0.267. The Hall–Kier alpha value is -2.57. The molecular formula is C15H13F2N3O2. The predicted molar refractivity (Wildman–Crippen MR) is 75.1 cm³/mol. The van der Waals surface area contributed by atoms with Gasteiger partial charge in [-0.1, -0.05) is 0 Å². The van der Waals surface area contributed by atoms with Crippen molar-refractivity contribution in [3.8, 4) is 5.75 Å². The molecule has 0 radical (unpaired) electrons. The van der Waals surface area contributed by atoms with Crippen LogP contribution >= 0.6 is 0 Å². The van der Waals surface area contributed by atoms with Crippen molar-refractivity contribution in [2.45, 2.75) is 25.9 Å². The Balaban J connectivity index is 1.68. The number of carbonyl (C=O) groups is 1. The summed E-state index contributed by atoms with van der Waals surface area (Å²) >= 11 is 0. The molecular weight excluding hydrogens is 292 g/mol. The Labute approximate surface area is 125 Å². The van der Waals surface area contributed by atoms with Crippen LogP contribution in [-0.2, 0) is 12.8 Å². The van der Waals surface area contributed by atoms with E-state index in [1.54, 1.807) is 6.07 Å². The van der Waals surface area contributed by atoms with Gasteiger partial charge in [0, 0.05) is 5.69 Å². The molecule has 3 rings (SSSR count). The molecule has 7 heteroatoms. The van der Waals surface area contributed by atoms with Gasteiger partial charge in [0.25, 0.3) is 5.91 Å². The van der Waals surface area contributed by atoms with Crippen LogP contribution in [0.25, 0.3) is 0 Å². The summed E-state index contributed by atoms with van der Waals surface area (Å²) in [7, 11) is 0. The van der Waals surface area contributed by atoms with Gasteiger partial charge in [0.1, 0.15) is 5.75 Å². The minimum absolute atomic E-state index is 0.0327. The molecule has 0 unspecified atom stereocenters. The topological polar surface area (TPSA) is 64.1 Å². The van der Waals surface area contributed by atoms with Crippen LogP contribution in [0.5, 0.6) is 5.75 Å². The zero-order chi connectivity index (χ0) is 15.5. The first-order valence-corrected chi connectivity index (χ1v) is 6.83. The largest absolute Gasteiger partial charge is 0.435 e. The quantitative estimate of drug-likeness (QED) is 0.943. The van der Waals surface area contributed by atoms with Gasteiger partial charge in [-0.05, 0) is 55.2 Å². The number of anilines is 1. The van der Waals surface area contributed by atoms with Gasteiger partial charge in [0.2, 0.25) is 0 Å². The highest BCUT2D eigenvalue weighted by atomic mass is 19.3. The van der Waals surface area contributed by atoms with Crippen molar-refractivity contribution in [2.24, 2.45) is 0 Å². The van der Waals surface area contributed by atoms with E-state index in [2.05, 4.69) is 20.3 Å². The molecule has 1 aliphatic carbocycles. The molecule has 5 nitrogen and oxygen atoms in total. The van der Waals surface area contributed by atoms with E-state index in [4.69, 9.17) is 0 Å². The van der Waals surface area contributed by atoms with Gasteiger partial charge in [-0.3, -0.25) is 4.79 Å². The minimum Gasteiger partial charge on any atom is -0.435 e. The number of alkyl halides is 2. The van der Waals surface area contributed by atoms with E-state index >= 15 is 0 Å². The van der Waals surface area contributed by atoms with E-state index in [9.17, 15) is 13.6 Å². The first kappa shape index (κ1) is 14.4. The van der Waals surface area contributed by atoms with E-state index in [-0.39, 0.29) is 17.4 Å². The Morgan fingerprint density at radius 3 is 2.68 bits per heavy atom. The monoisotopic (exact) mass is 305 g/mol. The second-order valence-electron chi connectivity index (χ2n) is 4.91. The Morgan fingerprint density at radius 2 is 1.95 bits per heavy atom. The van der Waals surface area contributed by atoms with Gasteiger partial charge in [-0.25, -0.2) is 0 Å². The number of carbonyl (C=O) groups excluding carboxylic acids is 1. The lowest BCUT2D eigenvalue weighted by Gasteiger charge is -2.07. The lowest BCUT2D eigenvalue weighted by atomic mass is 10.2. The van der Waals surface area contributed by atoms with Gasteiger partial charge in [0.15, 0.2) is 5.69 Å². The average Bonchev–Trinajstić information content (AvgIpc) is 2.96. The number of halogens is 2. The fourth-order valence-corrected chi connectivity index (χ4v) is 2.35. The summed E-state index contributed by atoms with van der Waals surface area (Å²) in [6.07, 6.45) is 2.83. The van der Waals surface area contributed by atoms with Gasteiger partial charge < -0.3 is 10.1 Å². The van der Waals surface area contributed by atoms with Crippen molar-refractivity contribution in [3.05, 3.63) is 47.3 Å². The molecule has 1 heterocycles. The van der Waals surface area contributed by atoms with Crippen LogP contribution in [0.1, 0.15) is 28.2 Å². The summed E-state index contributed by atoms with van der Waals surface area (Å²) in [5.74, 6) is -0.352. The number of hydrogen-bond donors (Lipinski definition) is 1. The lowest BCUT2D eigenvalue weighted by molar-refractivity contribution is -0.0498. The second kappa shape index (κ2) is 6.05. The van der Waals surface area contributed by atoms with Gasteiger partial charge >= 0.3 is 6.61 Å². The number of aryl methyl sites for hydroxylation is 2. The van der Waals surface area contributed by atoms with Gasteiger partial charge in [-0.15, -0.1) is 5.10 Å². The molecule has 1 amide bonds. The number of fused-ring (bicyclic) bond motifs is 1. The van der Waals surface area contributed by atoms with E-state index < -0.39 is 6.61 Å². The van der Waals surface area contributed by atoms with E-state index in [0.717, 1.165) is 30.5 Å². The molecule has 0 aliphatic heterocycles. The molecule has 1 N–H and O–H groups in total. The minimum atomic E-state index is -2.87. The standard InChI is InChI=1S/C15H13F2N3O2/c16-15(17)22-11-6-4-10(5-7-11)18-14(21)13-8-9-2-1-3-12(9)19-20-13/h4-8,15H,1-3H2,(H,18,21). The van der Waals surface area contributed by atoms with Crippen LogP contribution in [0.4, 0.5) is 14.5 Å². The van der Waals surface area contributed by atoms with Crippen molar-refractivity contribution < 1.29 is 18.3 Å². The van der Waals surface area contributed by atoms with Crippen LogP contribution in [0, 0.1) is 0 Å². The first-order valence-electron chi connectivity index (χ1n) is 6.83. The SMILES string of the molecule is O=C(Nc1ccc(OC(F)F)cc1)c1cc2c(nn1)CCC2. The Morgan fingerprint density at radius 1 is 1.18 bits per heavy atom. The maximum Gasteiger partial charge on any atom is 0.387 e. The number of benzene rings is 1. The van der Waals surface area contributed by atoms with Crippen LogP contribution in [-0.4, -0.2) is 22.7 Å². The van der Waals surface area contributed by atoms with E-state index in [1.807, 2.05) is 0 Å². The zero-order valence-corrected chi connectivity index (χ0v) is 11.6. The summed E-state index contributed by atoms with van der Waals surface area (Å²) < 4.78 is 28.3. The molecule has 22 heavy (non-hydrogen) atoms. The molecule has 2 aromatic rings. The Kier molecular flexibility index (Phi) is 3.95. The highest BCUT2D eigenvalue weighted by molar-refractivity contribution is 6.02. The lowest BCUT2D eigenvalue weighted by Crippen LogP contribution is -2.15. The van der Waals surface area contributed by atoms with Crippen molar-refractivity contribution in [3.63, 3.8) is 0 Å². The van der Waals surface area contributed by atoms with Crippen LogP contribution < -0.4 is 10.1 Å². The molecule has 114 valence electrons. The number of nitrogens with zero attached hydrogens (tertiary/aromatic N) is 2. The zero-order valence-electron chi connectivity index (χ0n) is 11.6. The molecule has 0 atom stereocenters. The summed E-state index contributed by atoms with van der Waals surface area (Å²) in [6, 6.07) is 7.43. The normalized spacial score (nSPS) is 13.0.